The number of carboxylic acids is 1. The molecule has 4 rings (SSSR count). The quantitative estimate of drug-likeness (QED) is 0.630. The van der Waals surface area contributed by atoms with Gasteiger partial charge in [0.05, 0.1) is 6.10 Å². The van der Waals surface area contributed by atoms with Crippen molar-refractivity contribution in [3.8, 4) is 0 Å². The second-order valence-corrected chi connectivity index (χ2v) is 7.93. The predicted octanol–water partition coefficient (Wildman–Crippen LogP) is 4.27. The molecule has 0 saturated carbocycles. The number of aromatic carboxylic acids is 1. The van der Waals surface area contributed by atoms with Crippen molar-refractivity contribution in [3.05, 3.63) is 70.4 Å². The minimum atomic E-state index is -0.888. The fourth-order valence-electron chi connectivity index (χ4n) is 4.24. The zero-order valence-electron chi connectivity index (χ0n) is 17.1. The highest BCUT2D eigenvalue weighted by Gasteiger charge is 2.23. The number of aromatic nitrogens is 1. The average Bonchev–Trinajstić information content (AvgIpc) is 3.30. The van der Waals surface area contributed by atoms with Gasteiger partial charge < -0.3 is 19.7 Å². The second-order valence-electron chi connectivity index (χ2n) is 7.93. The van der Waals surface area contributed by atoms with Gasteiger partial charge in [-0.25, -0.2) is 4.79 Å². The Morgan fingerprint density at radius 2 is 2.07 bits per heavy atom. The molecule has 1 saturated heterocycles. The molecular weight excluding hydrogens is 364 g/mol. The van der Waals surface area contributed by atoms with Gasteiger partial charge in [-0.15, -0.1) is 0 Å². The molecule has 1 fully saturated rings. The van der Waals surface area contributed by atoms with Crippen molar-refractivity contribution in [1.29, 1.82) is 0 Å². The minimum Gasteiger partial charge on any atom is -0.477 e. The third-order valence-electron chi connectivity index (χ3n) is 5.81. The van der Waals surface area contributed by atoms with Gasteiger partial charge >= 0.3 is 5.97 Å². The van der Waals surface area contributed by atoms with E-state index in [0.717, 1.165) is 59.2 Å². The lowest BCUT2D eigenvalue weighted by Crippen LogP contribution is -2.26. The maximum absolute atomic E-state index is 12.3. The first-order valence-electron chi connectivity index (χ1n) is 10.3. The van der Waals surface area contributed by atoms with Crippen molar-refractivity contribution in [2.24, 2.45) is 0 Å². The Hall–Kier alpha value is -2.63. The summed E-state index contributed by atoms with van der Waals surface area (Å²) in [5, 5.41) is 14.5. The van der Waals surface area contributed by atoms with Crippen LogP contribution < -0.4 is 5.32 Å². The molecule has 0 aliphatic carbocycles. The molecule has 1 aliphatic heterocycles. The summed E-state index contributed by atoms with van der Waals surface area (Å²) < 4.78 is 7.64. The molecule has 5 heteroatoms. The van der Waals surface area contributed by atoms with Gasteiger partial charge in [-0.1, -0.05) is 36.4 Å². The summed E-state index contributed by atoms with van der Waals surface area (Å²) in [6.45, 7) is 6.73. The summed E-state index contributed by atoms with van der Waals surface area (Å²) in [4.78, 5) is 12.3. The van der Waals surface area contributed by atoms with Crippen LogP contribution in [0.4, 0.5) is 0 Å². The van der Waals surface area contributed by atoms with Crippen molar-refractivity contribution in [2.75, 3.05) is 13.2 Å². The van der Waals surface area contributed by atoms with Gasteiger partial charge in [0.1, 0.15) is 5.69 Å². The number of nitrogens with one attached hydrogen (secondary N) is 1. The van der Waals surface area contributed by atoms with Crippen LogP contribution in [0.15, 0.2) is 42.5 Å². The van der Waals surface area contributed by atoms with Crippen LogP contribution in [0.25, 0.3) is 10.9 Å². The molecule has 3 aromatic rings. The van der Waals surface area contributed by atoms with Gasteiger partial charge in [-0.05, 0) is 49.4 Å². The summed E-state index contributed by atoms with van der Waals surface area (Å²) in [7, 11) is 0. The van der Waals surface area contributed by atoms with E-state index in [9.17, 15) is 9.90 Å². The van der Waals surface area contributed by atoms with Crippen LogP contribution >= 0.6 is 0 Å². The predicted molar refractivity (Wildman–Crippen MR) is 115 cm³/mol. The van der Waals surface area contributed by atoms with Crippen LogP contribution in [0.5, 0.6) is 0 Å². The first kappa shape index (κ1) is 19.7. The highest BCUT2D eigenvalue weighted by Crippen LogP contribution is 2.29. The summed E-state index contributed by atoms with van der Waals surface area (Å²) in [6, 6.07) is 14.3. The molecule has 0 bridgehead atoms. The van der Waals surface area contributed by atoms with Gasteiger partial charge in [0.25, 0.3) is 0 Å². The zero-order chi connectivity index (χ0) is 20.4. The molecule has 1 aromatic heterocycles. The van der Waals surface area contributed by atoms with E-state index < -0.39 is 5.97 Å². The molecular formula is C24H28N2O3. The number of ether oxygens (including phenoxy) is 1. The first-order chi connectivity index (χ1) is 14.0. The standard InChI is InChI=1S/C24H28N2O3/c1-16-9-10-20-21(14-25-13-19-8-5-11-29-19)23(24(27)28)26(22(20)12-16)15-18-7-4-3-6-17(18)2/h3-4,6-7,9-10,12,19,25H,5,8,11,13-15H2,1-2H3,(H,27,28)/t19-/m0/s1. The largest absolute Gasteiger partial charge is 0.477 e. The zero-order valence-corrected chi connectivity index (χ0v) is 17.1. The van der Waals surface area contributed by atoms with Crippen LogP contribution in [0.2, 0.25) is 0 Å². The van der Waals surface area contributed by atoms with Crippen molar-refractivity contribution >= 4 is 16.9 Å². The number of fused-ring (bicyclic) bond motifs is 1. The maximum atomic E-state index is 12.3. The molecule has 29 heavy (non-hydrogen) atoms. The van der Waals surface area contributed by atoms with Crippen LogP contribution in [-0.4, -0.2) is 34.9 Å². The van der Waals surface area contributed by atoms with E-state index >= 15 is 0 Å². The molecule has 0 amide bonds. The van der Waals surface area contributed by atoms with Gasteiger partial charge in [-0.3, -0.25) is 0 Å². The number of hydrogen-bond acceptors (Lipinski definition) is 3. The molecule has 0 radical (unpaired) electrons. The smallest absolute Gasteiger partial charge is 0.352 e. The second kappa shape index (κ2) is 8.39. The Labute approximate surface area is 171 Å². The molecule has 0 spiro atoms. The van der Waals surface area contributed by atoms with Gasteiger partial charge in [-0.2, -0.15) is 0 Å². The van der Waals surface area contributed by atoms with E-state index in [0.29, 0.717) is 18.8 Å². The maximum Gasteiger partial charge on any atom is 0.352 e. The summed E-state index contributed by atoms with van der Waals surface area (Å²) in [5.41, 5.74) is 5.60. The molecule has 1 aliphatic rings. The minimum absolute atomic E-state index is 0.228. The Morgan fingerprint density at radius 3 is 2.79 bits per heavy atom. The Kier molecular flexibility index (Phi) is 5.69. The van der Waals surface area contributed by atoms with Gasteiger partial charge in [0.15, 0.2) is 0 Å². The fraction of sp³-hybridized carbons (Fsp3) is 0.375. The molecule has 2 aromatic carbocycles. The SMILES string of the molecule is Cc1ccc2c(CNC[C@@H]3CCCO3)c(C(=O)O)n(Cc3ccccc3C)c2c1. The summed E-state index contributed by atoms with van der Waals surface area (Å²) in [5.74, 6) is -0.888. The van der Waals surface area contributed by atoms with Crippen molar-refractivity contribution in [3.63, 3.8) is 0 Å². The van der Waals surface area contributed by atoms with Crippen molar-refractivity contribution in [1.82, 2.24) is 9.88 Å². The summed E-state index contributed by atoms with van der Waals surface area (Å²) in [6.07, 6.45) is 2.39. The normalized spacial score (nSPS) is 16.6. The number of hydrogen-bond donors (Lipinski definition) is 2. The fourth-order valence-corrected chi connectivity index (χ4v) is 4.24. The van der Waals surface area contributed by atoms with Crippen LogP contribution in [0.1, 0.15) is 45.6 Å². The topological polar surface area (TPSA) is 63.5 Å². The third-order valence-corrected chi connectivity index (χ3v) is 5.81. The number of rotatable bonds is 7. The van der Waals surface area contributed by atoms with Gasteiger partial charge in [0, 0.05) is 42.7 Å². The van der Waals surface area contributed by atoms with E-state index in [1.807, 2.05) is 23.6 Å². The lowest BCUT2D eigenvalue weighted by atomic mass is 10.1. The van der Waals surface area contributed by atoms with Crippen LogP contribution in [0, 0.1) is 13.8 Å². The Balaban J connectivity index is 1.74. The highest BCUT2D eigenvalue weighted by atomic mass is 16.5. The molecule has 1 atom stereocenters. The van der Waals surface area contributed by atoms with E-state index in [1.54, 1.807) is 0 Å². The Bertz CT molecular complexity index is 1030. The first-order valence-corrected chi connectivity index (χ1v) is 10.3. The highest BCUT2D eigenvalue weighted by molar-refractivity contribution is 5.98. The number of nitrogens with zero attached hydrogens (tertiary/aromatic N) is 1. The average molecular weight is 392 g/mol. The van der Waals surface area contributed by atoms with Crippen LogP contribution in [0.3, 0.4) is 0 Å². The number of carbonyl (C=O) groups is 1. The van der Waals surface area contributed by atoms with Crippen molar-refractivity contribution < 1.29 is 14.6 Å². The van der Waals surface area contributed by atoms with E-state index in [2.05, 4.69) is 42.6 Å². The monoisotopic (exact) mass is 392 g/mol. The number of benzene rings is 2. The van der Waals surface area contributed by atoms with E-state index in [1.165, 1.54) is 0 Å². The number of carboxylic acid groups (broad SMARTS) is 1. The lowest BCUT2D eigenvalue weighted by molar-refractivity contribution is 0.0684. The third kappa shape index (κ3) is 4.07. The summed E-state index contributed by atoms with van der Waals surface area (Å²) >= 11 is 0. The molecule has 5 nitrogen and oxygen atoms in total. The van der Waals surface area contributed by atoms with Crippen LogP contribution in [-0.2, 0) is 17.8 Å². The molecule has 0 unspecified atom stereocenters. The van der Waals surface area contributed by atoms with E-state index in [-0.39, 0.29) is 6.10 Å². The molecule has 152 valence electrons. The van der Waals surface area contributed by atoms with Crippen molar-refractivity contribution in [2.45, 2.75) is 45.9 Å². The van der Waals surface area contributed by atoms with E-state index in [4.69, 9.17) is 4.74 Å². The Morgan fingerprint density at radius 1 is 1.24 bits per heavy atom. The molecule has 2 heterocycles. The molecule has 2 N–H and O–H groups in total. The lowest BCUT2D eigenvalue weighted by Gasteiger charge is -2.13. The number of aryl methyl sites for hydroxylation is 2. The van der Waals surface area contributed by atoms with Gasteiger partial charge in [0.2, 0.25) is 0 Å².